The van der Waals surface area contributed by atoms with Crippen LogP contribution < -0.4 is 0 Å². The second-order valence-electron chi connectivity index (χ2n) is 1.65. The predicted molar refractivity (Wildman–Crippen MR) is 72.8 cm³/mol. The lowest BCUT2D eigenvalue weighted by atomic mass is 10.2. The molecule has 14 heavy (non-hydrogen) atoms. The molecule has 0 aromatic rings. The average Bonchev–Trinajstić information content (AvgIpc) is 2.27. The Balaban J connectivity index is -0.0000000708. The molecule has 0 aliphatic carbocycles. The summed E-state index contributed by atoms with van der Waals surface area (Å²) in [6.07, 6.45) is 7.81. The van der Waals surface area contributed by atoms with Crippen molar-refractivity contribution in [3.63, 3.8) is 0 Å². The minimum Gasteiger partial charge on any atom is -0.0991 e. The average molecular weight is 198 g/mol. The van der Waals surface area contributed by atoms with Crippen LogP contribution in [0.3, 0.4) is 0 Å². The van der Waals surface area contributed by atoms with Crippen LogP contribution in [0.2, 0.25) is 0 Å². The first-order chi connectivity index (χ1) is 6.81. The third-order valence-corrected chi connectivity index (χ3v) is 0.810. The highest BCUT2D eigenvalue weighted by Crippen LogP contribution is 1.92. The Morgan fingerprint density at radius 1 is 0.929 bits per heavy atom. The van der Waals surface area contributed by atoms with E-state index in [1.165, 1.54) is 5.57 Å². The lowest BCUT2D eigenvalue weighted by Crippen LogP contribution is -1.61. The van der Waals surface area contributed by atoms with Gasteiger partial charge in [0.2, 0.25) is 0 Å². The molecule has 0 radical (unpaired) electrons. The van der Waals surface area contributed by atoms with Gasteiger partial charge < -0.3 is 0 Å². The van der Waals surface area contributed by atoms with Crippen LogP contribution in [0.15, 0.2) is 36.5 Å². The summed E-state index contributed by atoms with van der Waals surface area (Å²) in [5.41, 5.74) is 1.24. The smallest absolute Gasteiger partial charge is 0.0398 e. The van der Waals surface area contributed by atoms with Crippen LogP contribution in [0.1, 0.15) is 55.4 Å². The molecule has 0 aromatic carbocycles. The summed E-state index contributed by atoms with van der Waals surface area (Å²) in [4.78, 5) is 0. The summed E-state index contributed by atoms with van der Waals surface area (Å²) < 4.78 is 0. The first-order valence-electron chi connectivity index (χ1n) is 5.73. The highest BCUT2D eigenvalue weighted by atomic mass is 13.8. The zero-order valence-corrected chi connectivity index (χ0v) is 11.5. The molecule has 86 valence electrons. The van der Waals surface area contributed by atoms with Gasteiger partial charge in [0.05, 0.1) is 0 Å². The molecular formula is C14H30. The molecule has 0 aliphatic rings. The van der Waals surface area contributed by atoms with Gasteiger partial charge in [-0.15, -0.1) is 0 Å². The molecule has 0 amide bonds. The van der Waals surface area contributed by atoms with Crippen LogP contribution in [-0.4, -0.2) is 0 Å². The molecule has 0 atom stereocenters. The molecule has 0 spiro atoms. The molecule has 0 N–H and O–H groups in total. The first kappa shape index (κ1) is 23.2. The summed E-state index contributed by atoms with van der Waals surface area (Å²) in [5.74, 6) is 0. The standard InChI is InChI=1S/C8H12.3C2H6/c1-4-6-8(3)7-5-2;3*1-2/h4-7H,1H2,2-3H3;3*1-2H3/b7-5-,8-6-;;;. The summed E-state index contributed by atoms with van der Waals surface area (Å²) in [6, 6.07) is 0. The van der Waals surface area contributed by atoms with Crippen LogP contribution in [0, 0.1) is 0 Å². The monoisotopic (exact) mass is 198 g/mol. The number of hydrogen-bond donors (Lipinski definition) is 0. The molecule has 0 fully saturated rings. The van der Waals surface area contributed by atoms with Crippen molar-refractivity contribution in [3.8, 4) is 0 Å². The highest BCUT2D eigenvalue weighted by Gasteiger charge is 1.71. The van der Waals surface area contributed by atoms with Crippen molar-refractivity contribution in [3.05, 3.63) is 36.5 Å². The summed E-state index contributed by atoms with van der Waals surface area (Å²) in [6.45, 7) is 19.6. The maximum absolute atomic E-state index is 3.57. The molecule has 0 aliphatic heterocycles. The number of hydrogen-bond acceptors (Lipinski definition) is 0. The Morgan fingerprint density at radius 3 is 1.50 bits per heavy atom. The van der Waals surface area contributed by atoms with E-state index < -0.39 is 0 Å². The van der Waals surface area contributed by atoms with Gasteiger partial charge >= 0.3 is 0 Å². The van der Waals surface area contributed by atoms with Crippen LogP contribution in [0.5, 0.6) is 0 Å². The van der Waals surface area contributed by atoms with Crippen molar-refractivity contribution in [2.24, 2.45) is 0 Å². The summed E-state index contributed by atoms with van der Waals surface area (Å²) >= 11 is 0. The Hall–Kier alpha value is -0.780. The molecule has 0 saturated carbocycles. The fourth-order valence-corrected chi connectivity index (χ4v) is 0.504. The fraction of sp³-hybridized carbons (Fsp3) is 0.571. The fourth-order valence-electron chi connectivity index (χ4n) is 0.504. The van der Waals surface area contributed by atoms with Crippen molar-refractivity contribution in [1.29, 1.82) is 0 Å². The van der Waals surface area contributed by atoms with Gasteiger partial charge in [0.1, 0.15) is 0 Å². The molecule has 0 heterocycles. The Kier molecular flexibility index (Phi) is 66.0. The normalized spacial score (nSPS) is 8.43. The van der Waals surface area contributed by atoms with Gasteiger partial charge in [-0.25, -0.2) is 0 Å². The second kappa shape index (κ2) is 39.8. The van der Waals surface area contributed by atoms with E-state index in [2.05, 4.69) is 6.58 Å². The number of allylic oxidation sites excluding steroid dienone is 5. The predicted octanol–water partition coefficient (Wildman–Crippen LogP) is 5.77. The first-order valence-corrected chi connectivity index (χ1v) is 5.73. The van der Waals surface area contributed by atoms with Crippen LogP contribution in [0.25, 0.3) is 0 Å². The molecule has 0 unspecified atom stereocenters. The van der Waals surface area contributed by atoms with Gasteiger partial charge in [-0.3, -0.25) is 0 Å². The zero-order chi connectivity index (χ0) is 12.4. The van der Waals surface area contributed by atoms with Gasteiger partial charge in [-0.1, -0.05) is 78.0 Å². The molecular weight excluding hydrogens is 168 g/mol. The van der Waals surface area contributed by atoms with E-state index in [1.807, 2.05) is 73.6 Å². The quantitative estimate of drug-likeness (QED) is 0.494. The SMILES string of the molecule is C=C/C=C(C)\C=C/C.CC.CC.CC. The second-order valence-corrected chi connectivity index (χ2v) is 1.65. The maximum Gasteiger partial charge on any atom is -0.0398 e. The van der Waals surface area contributed by atoms with Crippen molar-refractivity contribution in [2.45, 2.75) is 55.4 Å². The van der Waals surface area contributed by atoms with Gasteiger partial charge in [0.15, 0.2) is 0 Å². The van der Waals surface area contributed by atoms with E-state index in [0.29, 0.717) is 0 Å². The molecule has 0 nitrogen and oxygen atoms in total. The van der Waals surface area contributed by atoms with E-state index in [1.54, 1.807) is 6.08 Å². The number of rotatable bonds is 2. The van der Waals surface area contributed by atoms with Crippen LogP contribution in [-0.2, 0) is 0 Å². The van der Waals surface area contributed by atoms with E-state index in [9.17, 15) is 0 Å². The summed E-state index contributed by atoms with van der Waals surface area (Å²) in [5, 5.41) is 0. The molecule has 0 rings (SSSR count). The van der Waals surface area contributed by atoms with Crippen molar-refractivity contribution in [2.75, 3.05) is 0 Å². The lowest BCUT2D eigenvalue weighted by Gasteiger charge is -1.82. The van der Waals surface area contributed by atoms with E-state index in [-0.39, 0.29) is 0 Å². The van der Waals surface area contributed by atoms with Gasteiger partial charge in [-0.05, 0) is 13.8 Å². The molecule has 0 heteroatoms. The van der Waals surface area contributed by atoms with Crippen LogP contribution >= 0.6 is 0 Å². The van der Waals surface area contributed by atoms with Crippen molar-refractivity contribution in [1.82, 2.24) is 0 Å². The molecule has 0 bridgehead atoms. The van der Waals surface area contributed by atoms with E-state index in [0.717, 1.165) is 0 Å². The van der Waals surface area contributed by atoms with Crippen LogP contribution in [0.4, 0.5) is 0 Å². The van der Waals surface area contributed by atoms with Gasteiger partial charge in [0, 0.05) is 0 Å². The Bertz CT molecular complexity index is 116. The van der Waals surface area contributed by atoms with Gasteiger partial charge in [0.25, 0.3) is 0 Å². The Labute approximate surface area is 92.4 Å². The third kappa shape index (κ3) is 43.0. The minimum absolute atomic E-state index is 1.24. The van der Waals surface area contributed by atoms with E-state index in [4.69, 9.17) is 0 Å². The largest absolute Gasteiger partial charge is 0.0991 e. The highest BCUT2D eigenvalue weighted by molar-refractivity contribution is 5.19. The summed E-state index contributed by atoms with van der Waals surface area (Å²) in [7, 11) is 0. The van der Waals surface area contributed by atoms with Gasteiger partial charge in [-0.2, -0.15) is 0 Å². The Morgan fingerprint density at radius 2 is 1.29 bits per heavy atom. The van der Waals surface area contributed by atoms with E-state index >= 15 is 0 Å². The zero-order valence-electron chi connectivity index (χ0n) is 11.5. The maximum atomic E-state index is 3.57. The lowest BCUT2D eigenvalue weighted by molar-refractivity contribution is 1.50. The topological polar surface area (TPSA) is 0 Å². The van der Waals surface area contributed by atoms with Crippen molar-refractivity contribution >= 4 is 0 Å². The van der Waals surface area contributed by atoms with Crippen molar-refractivity contribution < 1.29 is 0 Å². The molecule has 0 saturated heterocycles. The third-order valence-electron chi connectivity index (χ3n) is 0.810. The molecule has 0 aromatic heterocycles. The minimum atomic E-state index is 1.24.